The van der Waals surface area contributed by atoms with Crippen LogP contribution >= 0.6 is 0 Å². The summed E-state index contributed by atoms with van der Waals surface area (Å²) in [5.74, 6) is 0.193. The fourth-order valence-electron chi connectivity index (χ4n) is 2.62. The van der Waals surface area contributed by atoms with Crippen LogP contribution in [-0.4, -0.2) is 50.1 Å². The minimum Gasteiger partial charge on any atom is -0.355 e. The van der Waals surface area contributed by atoms with Crippen molar-refractivity contribution in [1.82, 2.24) is 15.5 Å². The van der Waals surface area contributed by atoms with Crippen LogP contribution in [0.2, 0.25) is 0 Å². The van der Waals surface area contributed by atoms with Crippen molar-refractivity contribution in [3.05, 3.63) is 11.6 Å². The van der Waals surface area contributed by atoms with E-state index in [-0.39, 0.29) is 5.91 Å². The van der Waals surface area contributed by atoms with Gasteiger partial charge in [0, 0.05) is 45.7 Å². The summed E-state index contributed by atoms with van der Waals surface area (Å²) < 4.78 is 0. The number of nitrogens with one attached hydrogen (secondary N) is 2. The molecule has 18 heavy (non-hydrogen) atoms. The molecule has 4 heteroatoms. The van der Waals surface area contributed by atoms with E-state index in [0.717, 1.165) is 52.1 Å². The molecule has 0 unspecified atom stereocenters. The van der Waals surface area contributed by atoms with Crippen molar-refractivity contribution in [1.29, 1.82) is 0 Å². The first-order chi connectivity index (χ1) is 8.84. The van der Waals surface area contributed by atoms with Gasteiger partial charge >= 0.3 is 0 Å². The van der Waals surface area contributed by atoms with E-state index in [1.54, 1.807) is 0 Å². The molecule has 1 fully saturated rings. The summed E-state index contributed by atoms with van der Waals surface area (Å²) >= 11 is 0. The molecule has 102 valence electrons. The number of amides is 1. The Bertz CT molecular complexity index is 295. The highest BCUT2D eigenvalue weighted by atomic mass is 16.1. The Morgan fingerprint density at radius 1 is 1.33 bits per heavy atom. The van der Waals surface area contributed by atoms with Gasteiger partial charge in [-0.15, -0.1) is 0 Å². The third-order valence-corrected chi connectivity index (χ3v) is 3.73. The molecule has 2 N–H and O–H groups in total. The molecule has 1 aliphatic heterocycles. The van der Waals surface area contributed by atoms with E-state index < -0.39 is 0 Å². The molecule has 0 spiro atoms. The normalized spacial score (nSPS) is 21.4. The molecular formula is C14H25N3O. The number of piperazine rings is 1. The molecule has 4 nitrogen and oxygen atoms in total. The summed E-state index contributed by atoms with van der Waals surface area (Å²) in [4.78, 5) is 14.2. The number of hydrogen-bond donors (Lipinski definition) is 2. The maximum atomic E-state index is 11.8. The standard InChI is InChI=1S/C14H25N3O/c18-14(12-13-4-2-1-3-5-13)16-8-11-17-9-6-15-7-10-17/h4,15H,1-3,5-12H2,(H,16,18). The van der Waals surface area contributed by atoms with Gasteiger partial charge in [0.25, 0.3) is 0 Å². The van der Waals surface area contributed by atoms with Gasteiger partial charge in [0.1, 0.15) is 0 Å². The molecule has 2 rings (SSSR count). The van der Waals surface area contributed by atoms with E-state index in [2.05, 4.69) is 21.6 Å². The number of allylic oxidation sites excluding steroid dienone is 1. The molecule has 1 saturated heterocycles. The molecule has 0 bridgehead atoms. The van der Waals surface area contributed by atoms with Crippen molar-refractivity contribution < 1.29 is 4.79 Å². The molecule has 1 amide bonds. The van der Waals surface area contributed by atoms with Crippen LogP contribution in [0.3, 0.4) is 0 Å². The first kappa shape index (κ1) is 13.6. The zero-order valence-corrected chi connectivity index (χ0v) is 11.2. The van der Waals surface area contributed by atoms with Crippen molar-refractivity contribution in [2.24, 2.45) is 0 Å². The predicted octanol–water partition coefficient (Wildman–Crippen LogP) is 0.898. The minimum absolute atomic E-state index is 0.193. The zero-order chi connectivity index (χ0) is 12.6. The van der Waals surface area contributed by atoms with Gasteiger partial charge in [-0.25, -0.2) is 0 Å². The second kappa shape index (κ2) is 7.54. The maximum absolute atomic E-state index is 11.8. The lowest BCUT2D eigenvalue weighted by molar-refractivity contribution is -0.120. The van der Waals surface area contributed by atoms with E-state index in [1.165, 1.54) is 18.4 Å². The van der Waals surface area contributed by atoms with Gasteiger partial charge < -0.3 is 10.6 Å². The van der Waals surface area contributed by atoms with Crippen LogP contribution in [0.15, 0.2) is 11.6 Å². The Morgan fingerprint density at radius 3 is 2.89 bits per heavy atom. The molecule has 0 aromatic rings. The third kappa shape index (κ3) is 4.78. The van der Waals surface area contributed by atoms with Crippen molar-refractivity contribution in [2.45, 2.75) is 32.1 Å². The smallest absolute Gasteiger partial charge is 0.224 e. The van der Waals surface area contributed by atoms with E-state index >= 15 is 0 Å². The highest BCUT2D eigenvalue weighted by molar-refractivity contribution is 5.78. The minimum atomic E-state index is 0.193. The number of carbonyl (C=O) groups is 1. The summed E-state index contributed by atoms with van der Waals surface area (Å²) in [5, 5.41) is 6.37. The Morgan fingerprint density at radius 2 is 2.17 bits per heavy atom. The molecular weight excluding hydrogens is 226 g/mol. The highest BCUT2D eigenvalue weighted by Crippen LogP contribution is 2.19. The molecule has 1 heterocycles. The summed E-state index contributed by atoms with van der Waals surface area (Å²) in [6, 6.07) is 0. The summed E-state index contributed by atoms with van der Waals surface area (Å²) in [5.41, 5.74) is 1.33. The van der Waals surface area contributed by atoms with Crippen LogP contribution in [0.1, 0.15) is 32.1 Å². The largest absolute Gasteiger partial charge is 0.355 e. The lowest BCUT2D eigenvalue weighted by atomic mass is 9.97. The second-order valence-corrected chi connectivity index (χ2v) is 5.23. The zero-order valence-electron chi connectivity index (χ0n) is 11.2. The molecule has 0 aromatic heterocycles. The fraction of sp³-hybridized carbons (Fsp3) is 0.786. The SMILES string of the molecule is O=C(CC1=CCCCC1)NCCN1CCNCC1. The monoisotopic (exact) mass is 251 g/mol. The van der Waals surface area contributed by atoms with Crippen LogP contribution in [0, 0.1) is 0 Å². The number of rotatable bonds is 5. The van der Waals surface area contributed by atoms with Crippen molar-refractivity contribution in [2.75, 3.05) is 39.3 Å². The highest BCUT2D eigenvalue weighted by Gasteiger charge is 2.11. The van der Waals surface area contributed by atoms with Crippen molar-refractivity contribution >= 4 is 5.91 Å². The topological polar surface area (TPSA) is 44.4 Å². The number of nitrogens with zero attached hydrogens (tertiary/aromatic N) is 1. The van der Waals surface area contributed by atoms with Gasteiger partial charge in [-0.1, -0.05) is 11.6 Å². The van der Waals surface area contributed by atoms with Gasteiger partial charge in [-0.05, 0) is 25.7 Å². The van der Waals surface area contributed by atoms with E-state index in [1.807, 2.05) is 0 Å². The molecule has 0 radical (unpaired) electrons. The van der Waals surface area contributed by atoms with Crippen molar-refractivity contribution in [3.8, 4) is 0 Å². The Labute approximate surface area is 110 Å². The number of carbonyl (C=O) groups excluding carboxylic acids is 1. The van der Waals surface area contributed by atoms with E-state index in [0.29, 0.717) is 6.42 Å². The van der Waals surface area contributed by atoms with Gasteiger partial charge in [-0.3, -0.25) is 9.69 Å². The van der Waals surface area contributed by atoms with Crippen molar-refractivity contribution in [3.63, 3.8) is 0 Å². The van der Waals surface area contributed by atoms with E-state index in [4.69, 9.17) is 0 Å². The molecule has 0 aromatic carbocycles. The quantitative estimate of drug-likeness (QED) is 0.714. The fourth-order valence-corrected chi connectivity index (χ4v) is 2.62. The third-order valence-electron chi connectivity index (χ3n) is 3.73. The van der Waals surface area contributed by atoms with E-state index in [9.17, 15) is 4.79 Å². The van der Waals surface area contributed by atoms with Gasteiger partial charge in [0.05, 0.1) is 0 Å². The predicted molar refractivity (Wildman–Crippen MR) is 73.5 cm³/mol. The first-order valence-corrected chi connectivity index (χ1v) is 7.22. The Hall–Kier alpha value is -0.870. The lowest BCUT2D eigenvalue weighted by Crippen LogP contribution is -2.46. The number of hydrogen-bond acceptors (Lipinski definition) is 3. The maximum Gasteiger partial charge on any atom is 0.224 e. The molecule has 2 aliphatic rings. The van der Waals surface area contributed by atoms with Gasteiger partial charge in [-0.2, -0.15) is 0 Å². The summed E-state index contributed by atoms with van der Waals surface area (Å²) in [6.07, 6.45) is 7.67. The van der Waals surface area contributed by atoms with Gasteiger partial charge in [0.15, 0.2) is 0 Å². The summed E-state index contributed by atoms with van der Waals surface area (Å²) in [7, 11) is 0. The average Bonchev–Trinajstić information content (AvgIpc) is 2.41. The van der Waals surface area contributed by atoms with Crippen LogP contribution in [0.4, 0.5) is 0 Å². The van der Waals surface area contributed by atoms with Crippen LogP contribution < -0.4 is 10.6 Å². The summed E-state index contributed by atoms with van der Waals surface area (Å²) in [6.45, 7) is 6.10. The molecule has 0 saturated carbocycles. The first-order valence-electron chi connectivity index (χ1n) is 7.22. The lowest BCUT2D eigenvalue weighted by Gasteiger charge is -2.27. The Kier molecular flexibility index (Phi) is 5.68. The Balaban J connectivity index is 1.58. The van der Waals surface area contributed by atoms with Crippen LogP contribution in [0.5, 0.6) is 0 Å². The molecule has 0 atom stereocenters. The molecule has 1 aliphatic carbocycles. The van der Waals surface area contributed by atoms with Crippen LogP contribution in [0.25, 0.3) is 0 Å². The average molecular weight is 251 g/mol. The van der Waals surface area contributed by atoms with Gasteiger partial charge in [0.2, 0.25) is 5.91 Å². The second-order valence-electron chi connectivity index (χ2n) is 5.23. The van der Waals surface area contributed by atoms with Crippen LogP contribution in [-0.2, 0) is 4.79 Å².